The first-order valence-electron chi connectivity index (χ1n) is 12.3. The number of halogens is 2. The molecule has 2 aliphatic rings. The van der Waals surface area contributed by atoms with E-state index < -0.39 is 6.16 Å². The molecule has 0 saturated carbocycles. The molecule has 1 amide bonds. The molecule has 2 heterocycles. The second kappa shape index (κ2) is 13.5. The molecule has 0 atom stereocenters. The molecular formula is C26H31Cl2N3O5S. The van der Waals surface area contributed by atoms with Crippen LogP contribution in [-0.4, -0.2) is 69.3 Å². The number of ether oxygens (including phenoxy) is 2. The van der Waals surface area contributed by atoms with Gasteiger partial charge in [0, 0.05) is 44.9 Å². The highest BCUT2D eigenvalue weighted by Crippen LogP contribution is 2.33. The van der Waals surface area contributed by atoms with Crippen molar-refractivity contribution in [3.8, 4) is 5.75 Å². The number of anilines is 2. The highest BCUT2D eigenvalue weighted by atomic mass is 35.5. The monoisotopic (exact) mass is 567 g/mol. The van der Waals surface area contributed by atoms with Crippen molar-refractivity contribution in [2.45, 2.75) is 25.7 Å². The van der Waals surface area contributed by atoms with Gasteiger partial charge in [-0.3, -0.25) is 14.6 Å². The van der Waals surface area contributed by atoms with Gasteiger partial charge in [-0.1, -0.05) is 35.3 Å². The van der Waals surface area contributed by atoms with Crippen molar-refractivity contribution in [3.05, 3.63) is 52.0 Å². The van der Waals surface area contributed by atoms with E-state index in [1.165, 1.54) is 4.90 Å². The number of benzene rings is 2. The number of carbonyl (C=O) groups is 2. The molecule has 8 nitrogen and oxygen atoms in total. The van der Waals surface area contributed by atoms with Crippen molar-refractivity contribution in [2.75, 3.05) is 62.1 Å². The second-order valence-corrected chi connectivity index (χ2v) is 10.1. The van der Waals surface area contributed by atoms with Gasteiger partial charge in [0.2, 0.25) is 5.91 Å². The maximum Gasteiger partial charge on any atom is 0.522 e. The van der Waals surface area contributed by atoms with Crippen molar-refractivity contribution in [2.24, 2.45) is 0 Å². The smallest absolute Gasteiger partial charge is 0.494 e. The maximum absolute atomic E-state index is 12.4. The number of carbonyl (C=O) groups excluding carboxylic acids is 2. The van der Waals surface area contributed by atoms with Gasteiger partial charge in [-0.25, -0.2) is 4.79 Å². The lowest BCUT2D eigenvalue weighted by Gasteiger charge is -2.36. The van der Waals surface area contributed by atoms with Crippen LogP contribution in [0.5, 0.6) is 5.75 Å². The summed E-state index contributed by atoms with van der Waals surface area (Å²) < 4.78 is 15.8. The molecule has 0 aromatic heterocycles. The first-order chi connectivity index (χ1) is 18.0. The fourth-order valence-electron chi connectivity index (χ4n) is 4.53. The zero-order valence-corrected chi connectivity index (χ0v) is 23.1. The van der Waals surface area contributed by atoms with Crippen molar-refractivity contribution >= 4 is 58.7 Å². The molecule has 0 unspecified atom stereocenters. The van der Waals surface area contributed by atoms with Crippen LogP contribution in [0.3, 0.4) is 0 Å². The number of amides is 1. The van der Waals surface area contributed by atoms with Crippen LogP contribution in [0.2, 0.25) is 10.0 Å². The molecule has 0 bridgehead atoms. The topological polar surface area (TPSA) is 71.5 Å². The van der Waals surface area contributed by atoms with Gasteiger partial charge in [0.15, 0.2) is 6.73 Å². The zero-order valence-electron chi connectivity index (χ0n) is 20.8. The van der Waals surface area contributed by atoms with Crippen LogP contribution < -0.4 is 14.5 Å². The number of nitrogens with zero attached hydrogens (tertiary/aromatic N) is 3. The Bertz CT molecular complexity index is 1100. The predicted molar refractivity (Wildman–Crippen MR) is 148 cm³/mol. The summed E-state index contributed by atoms with van der Waals surface area (Å²) in [5.74, 6) is 0.594. The lowest BCUT2D eigenvalue weighted by atomic mass is 10.0. The minimum absolute atomic E-state index is 0.0978. The standard InChI is InChI=1S/C26H31Cl2N3O5S/c1-37-36-26(33)35-18-31-23-17-20(9-7-19(23)8-10-24(31)32)34-16-3-2-11-29-12-14-30(15-13-29)22-6-4-5-21(27)25(22)28/h4-7,9,17H,2-3,8,10-16,18H2,1H3. The number of rotatable bonds is 10. The quantitative estimate of drug-likeness (QED) is 0.207. The van der Waals surface area contributed by atoms with Gasteiger partial charge in [-0.2, -0.15) is 0 Å². The second-order valence-electron chi connectivity index (χ2n) is 8.84. The van der Waals surface area contributed by atoms with E-state index in [-0.39, 0.29) is 12.6 Å². The maximum atomic E-state index is 12.4. The highest BCUT2D eigenvalue weighted by Gasteiger charge is 2.26. The largest absolute Gasteiger partial charge is 0.522 e. The Morgan fingerprint density at radius 1 is 1.03 bits per heavy atom. The Labute approximate surface area is 231 Å². The SMILES string of the molecule is CSOC(=O)OCN1C(=O)CCc2ccc(OCCCCN3CCN(c4cccc(Cl)c4Cl)CC3)cc21. The summed E-state index contributed by atoms with van der Waals surface area (Å²) in [6.07, 6.45) is 3.76. The molecule has 1 fully saturated rings. The summed E-state index contributed by atoms with van der Waals surface area (Å²) in [7, 11) is 0. The summed E-state index contributed by atoms with van der Waals surface area (Å²) in [6, 6.07) is 11.5. The van der Waals surface area contributed by atoms with Crippen LogP contribution >= 0.6 is 35.2 Å². The van der Waals surface area contributed by atoms with E-state index in [2.05, 4.69) is 9.80 Å². The number of piperazine rings is 1. The van der Waals surface area contributed by atoms with Crippen molar-refractivity contribution in [1.82, 2.24) is 4.90 Å². The Kier molecular flexibility index (Phi) is 10.1. The van der Waals surface area contributed by atoms with Crippen LogP contribution in [0.25, 0.3) is 0 Å². The van der Waals surface area contributed by atoms with Crippen LogP contribution in [0.1, 0.15) is 24.8 Å². The number of unbranched alkanes of at least 4 members (excludes halogenated alkanes) is 1. The summed E-state index contributed by atoms with van der Waals surface area (Å²) in [5.41, 5.74) is 2.73. The number of fused-ring (bicyclic) bond motifs is 1. The third-order valence-corrected chi connectivity index (χ3v) is 7.61. The Hall–Kier alpha value is -2.33. The lowest BCUT2D eigenvalue weighted by molar-refractivity contribution is -0.119. The van der Waals surface area contributed by atoms with Gasteiger partial charge >= 0.3 is 6.16 Å². The minimum Gasteiger partial charge on any atom is -0.494 e. The van der Waals surface area contributed by atoms with E-state index in [1.54, 1.807) is 6.26 Å². The molecule has 2 aromatic rings. The number of aryl methyl sites for hydroxylation is 1. The molecule has 37 heavy (non-hydrogen) atoms. The normalized spacial score (nSPS) is 15.9. The molecular weight excluding hydrogens is 537 g/mol. The lowest BCUT2D eigenvalue weighted by Crippen LogP contribution is -2.46. The molecule has 1 saturated heterocycles. The Morgan fingerprint density at radius 3 is 2.62 bits per heavy atom. The number of hydrogen-bond acceptors (Lipinski definition) is 8. The van der Waals surface area contributed by atoms with E-state index in [9.17, 15) is 9.59 Å². The van der Waals surface area contributed by atoms with E-state index in [1.807, 2.05) is 36.4 Å². The van der Waals surface area contributed by atoms with Crippen molar-refractivity contribution < 1.29 is 23.2 Å². The van der Waals surface area contributed by atoms with E-state index in [4.69, 9.17) is 36.9 Å². The fraction of sp³-hybridized carbons (Fsp3) is 0.462. The predicted octanol–water partition coefficient (Wildman–Crippen LogP) is 5.64. The Balaban J connectivity index is 1.20. The van der Waals surface area contributed by atoms with Gasteiger partial charge < -0.3 is 18.6 Å². The molecule has 2 aromatic carbocycles. The van der Waals surface area contributed by atoms with Crippen LogP contribution in [0.15, 0.2) is 36.4 Å². The van der Waals surface area contributed by atoms with Crippen molar-refractivity contribution in [1.29, 1.82) is 0 Å². The van der Waals surface area contributed by atoms with Gasteiger partial charge in [-0.15, -0.1) is 0 Å². The van der Waals surface area contributed by atoms with Crippen molar-refractivity contribution in [3.63, 3.8) is 0 Å². The van der Waals surface area contributed by atoms with Gasteiger partial charge in [0.25, 0.3) is 0 Å². The third kappa shape index (κ3) is 7.37. The first kappa shape index (κ1) is 27.7. The third-order valence-electron chi connectivity index (χ3n) is 6.50. The summed E-state index contributed by atoms with van der Waals surface area (Å²) >= 11 is 13.4. The van der Waals surface area contributed by atoms with E-state index in [0.717, 1.165) is 68.9 Å². The molecule has 4 rings (SSSR count). The minimum atomic E-state index is -0.825. The summed E-state index contributed by atoms with van der Waals surface area (Å²) in [4.78, 5) is 30.2. The Morgan fingerprint density at radius 2 is 1.84 bits per heavy atom. The van der Waals surface area contributed by atoms with Gasteiger partial charge in [0.1, 0.15) is 5.75 Å². The first-order valence-corrected chi connectivity index (χ1v) is 14.2. The van der Waals surface area contributed by atoms with Crippen LogP contribution in [0, 0.1) is 0 Å². The summed E-state index contributed by atoms with van der Waals surface area (Å²) in [6.45, 7) is 5.19. The molecule has 0 radical (unpaired) electrons. The van der Waals surface area contributed by atoms with Crippen LogP contribution in [0.4, 0.5) is 16.2 Å². The summed E-state index contributed by atoms with van der Waals surface area (Å²) in [5, 5.41) is 1.21. The molecule has 200 valence electrons. The van der Waals surface area contributed by atoms with E-state index >= 15 is 0 Å². The average Bonchev–Trinajstić information content (AvgIpc) is 2.90. The average molecular weight is 569 g/mol. The van der Waals surface area contributed by atoms with Gasteiger partial charge in [0.05, 0.1) is 40.1 Å². The zero-order chi connectivity index (χ0) is 26.2. The molecule has 11 heteroatoms. The fourth-order valence-corrected chi connectivity index (χ4v) is 5.13. The van der Waals surface area contributed by atoms with Gasteiger partial charge in [-0.05, 0) is 49.6 Å². The number of hydrogen-bond donors (Lipinski definition) is 0. The molecule has 2 aliphatic heterocycles. The molecule has 0 N–H and O–H groups in total. The van der Waals surface area contributed by atoms with Crippen LogP contribution in [-0.2, 0) is 20.1 Å². The highest BCUT2D eigenvalue weighted by molar-refractivity contribution is 7.94. The molecule has 0 spiro atoms. The van der Waals surface area contributed by atoms with E-state index in [0.29, 0.717) is 40.9 Å². The molecule has 0 aliphatic carbocycles.